The van der Waals surface area contributed by atoms with Crippen LogP contribution in [0, 0.1) is 5.92 Å². The minimum Gasteiger partial charge on any atom is -0.480 e. The lowest BCUT2D eigenvalue weighted by atomic mass is 10.0. The standard InChI is InChI=1S/C16H24N2O5/c1-10(2)9-12(14(20)21)18-8-6-7-11(13(18)19)17-15(22)23-16(3,4)5/h6-8,10,12H,9H2,1-5H3,(H,17,22)(H,20,21)/t12-/m0/s1. The number of carbonyl (C=O) groups is 2. The molecule has 23 heavy (non-hydrogen) atoms. The zero-order valence-corrected chi connectivity index (χ0v) is 14.1. The molecule has 0 fully saturated rings. The number of ether oxygens (including phenoxy) is 1. The van der Waals surface area contributed by atoms with Gasteiger partial charge < -0.3 is 9.84 Å². The number of pyridine rings is 1. The fraction of sp³-hybridized carbons (Fsp3) is 0.562. The van der Waals surface area contributed by atoms with Gasteiger partial charge in [0.2, 0.25) is 0 Å². The smallest absolute Gasteiger partial charge is 0.412 e. The first kappa shape index (κ1) is 18.7. The first-order chi connectivity index (χ1) is 10.5. The highest BCUT2D eigenvalue weighted by Gasteiger charge is 2.23. The van der Waals surface area contributed by atoms with Crippen molar-refractivity contribution in [1.82, 2.24) is 4.57 Å². The van der Waals surface area contributed by atoms with E-state index in [4.69, 9.17) is 4.74 Å². The lowest BCUT2D eigenvalue weighted by Gasteiger charge is -2.21. The van der Waals surface area contributed by atoms with E-state index in [2.05, 4.69) is 5.32 Å². The maximum atomic E-state index is 12.4. The van der Waals surface area contributed by atoms with Crippen LogP contribution < -0.4 is 10.9 Å². The predicted molar refractivity (Wildman–Crippen MR) is 86.7 cm³/mol. The maximum Gasteiger partial charge on any atom is 0.412 e. The molecule has 0 aromatic carbocycles. The molecule has 0 spiro atoms. The quantitative estimate of drug-likeness (QED) is 0.868. The van der Waals surface area contributed by atoms with Crippen LogP contribution in [0.1, 0.15) is 47.1 Å². The Balaban J connectivity index is 3.08. The van der Waals surface area contributed by atoms with E-state index in [1.165, 1.54) is 18.3 Å². The molecule has 1 aromatic rings. The van der Waals surface area contributed by atoms with E-state index in [0.29, 0.717) is 6.42 Å². The van der Waals surface area contributed by atoms with Crippen molar-refractivity contribution in [3.8, 4) is 0 Å². The van der Waals surface area contributed by atoms with Crippen LogP contribution in [0.3, 0.4) is 0 Å². The van der Waals surface area contributed by atoms with Gasteiger partial charge in [0.25, 0.3) is 5.56 Å². The van der Waals surface area contributed by atoms with Gasteiger partial charge in [0.15, 0.2) is 0 Å². The summed E-state index contributed by atoms with van der Waals surface area (Å²) in [7, 11) is 0. The number of aromatic nitrogens is 1. The van der Waals surface area contributed by atoms with Crippen molar-refractivity contribution in [2.45, 2.75) is 52.7 Å². The second-order valence-electron chi connectivity index (χ2n) is 6.74. The van der Waals surface area contributed by atoms with E-state index >= 15 is 0 Å². The molecule has 1 rings (SSSR count). The van der Waals surface area contributed by atoms with Crippen LogP contribution in [-0.4, -0.2) is 27.3 Å². The summed E-state index contributed by atoms with van der Waals surface area (Å²) >= 11 is 0. The van der Waals surface area contributed by atoms with Crippen molar-refractivity contribution < 1.29 is 19.4 Å². The summed E-state index contributed by atoms with van der Waals surface area (Å²) in [6, 6.07) is 1.95. The highest BCUT2D eigenvalue weighted by Crippen LogP contribution is 2.17. The molecule has 2 N–H and O–H groups in total. The third-order valence-electron chi connectivity index (χ3n) is 2.93. The predicted octanol–water partition coefficient (Wildman–Crippen LogP) is 2.87. The second kappa shape index (κ2) is 7.30. The largest absolute Gasteiger partial charge is 0.480 e. The van der Waals surface area contributed by atoms with E-state index in [1.54, 1.807) is 20.8 Å². The van der Waals surface area contributed by atoms with Gasteiger partial charge >= 0.3 is 12.1 Å². The van der Waals surface area contributed by atoms with Crippen molar-refractivity contribution in [2.75, 3.05) is 5.32 Å². The lowest BCUT2D eigenvalue weighted by molar-refractivity contribution is -0.141. The monoisotopic (exact) mass is 324 g/mol. The fourth-order valence-corrected chi connectivity index (χ4v) is 2.04. The molecule has 7 nitrogen and oxygen atoms in total. The molecule has 0 aliphatic rings. The number of carboxylic acid groups (broad SMARTS) is 1. The molecule has 0 aliphatic carbocycles. The van der Waals surface area contributed by atoms with Gasteiger partial charge in [-0.25, -0.2) is 9.59 Å². The van der Waals surface area contributed by atoms with Gasteiger partial charge in [0.1, 0.15) is 17.3 Å². The number of hydrogen-bond donors (Lipinski definition) is 2. The number of amides is 1. The number of nitrogens with one attached hydrogen (secondary N) is 1. The van der Waals surface area contributed by atoms with Gasteiger partial charge in [-0.05, 0) is 45.2 Å². The topological polar surface area (TPSA) is 97.6 Å². The molecule has 0 radical (unpaired) electrons. The van der Waals surface area contributed by atoms with Crippen molar-refractivity contribution in [3.05, 3.63) is 28.7 Å². The summed E-state index contributed by atoms with van der Waals surface area (Å²) in [5, 5.41) is 11.7. The summed E-state index contributed by atoms with van der Waals surface area (Å²) in [4.78, 5) is 35.6. The summed E-state index contributed by atoms with van der Waals surface area (Å²) < 4.78 is 6.21. The van der Waals surface area contributed by atoms with Gasteiger partial charge in [-0.1, -0.05) is 13.8 Å². The van der Waals surface area contributed by atoms with E-state index in [9.17, 15) is 19.5 Å². The summed E-state index contributed by atoms with van der Waals surface area (Å²) in [5.74, 6) is -0.985. The Labute approximate surface area is 135 Å². The van der Waals surface area contributed by atoms with Crippen molar-refractivity contribution in [2.24, 2.45) is 5.92 Å². The minimum atomic E-state index is -1.09. The summed E-state index contributed by atoms with van der Waals surface area (Å²) in [6.45, 7) is 8.88. The Kier molecular flexibility index (Phi) is 5.95. The van der Waals surface area contributed by atoms with Crippen LogP contribution in [0.2, 0.25) is 0 Å². The van der Waals surface area contributed by atoms with Gasteiger partial charge in [0, 0.05) is 6.20 Å². The maximum absolute atomic E-state index is 12.4. The van der Waals surface area contributed by atoms with Crippen molar-refractivity contribution in [3.63, 3.8) is 0 Å². The Bertz CT molecular complexity index is 628. The fourth-order valence-electron chi connectivity index (χ4n) is 2.04. The highest BCUT2D eigenvalue weighted by molar-refractivity contribution is 5.84. The summed E-state index contributed by atoms with van der Waals surface area (Å²) in [6.07, 6.45) is 0.956. The summed E-state index contributed by atoms with van der Waals surface area (Å²) in [5.41, 5.74) is -1.29. The van der Waals surface area contributed by atoms with Gasteiger partial charge in [-0.3, -0.25) is 14.7 Å². The third-order valence-corrected chi connectivity index (χ3v) is 2.93. The van der Waals surface area contributed by atoms with Gasteiger partial charge in [0.05, 0.1) is 0 Å². The Morgan fingerprint density at radius 1 is 1.35 bits per heavy atom. The Morgan fingerprint density at radius 3 is 2.43 bits per heavy atom. The second-order valence-corrected chi connectivity index (χ2v) is 6.74. The molecule has 0 saturated carbocycles. The number of anilines is 1. The lowest BCUT2D eigenvalue weighted by Crippen LogP contribution is -2.34. The van der Waals surface area contributed by atoms with Crippen LogP contribution in [0.5, 0.6) is 0 Å². The number of carbonyl (C=O) groups excluding carboxylic acids is 1. The van der Waals surface area contributed by atoms with E-state index < -0.39 is 29.3 Å². The Morgan fingerprint density at radius 2 is 1.96 bits per heavy atom. The Hall–Kier alpha value is -2.31. The first-order valence-electron chi connectivity index (χ1n) is 7.45. The van der Waals surface area contributed by atoms with Crippen molar-refractivity contribution in [1.29, 1.82) is 0 Å². The van der Waals surface area contributed by atoms with Gasteiger partial charge in [-0.15, -0.1) is 0 Å². The molecular formula is C16H24N2O5. The third kappa shape index (κ3) is 5.77. The minimum absolute atomic E-state index is 0.0169. The van der Waals surface area contributed by atoms with E-state index in [-0.39, 0.29) is 11.6 Å². The molecular weight excluding hydrogens is 300 g/mol. The van der Waals surface area contributed by atoms with Crippen LogP contribution in [0.25, 0.3) is 0 Å². The van der Waals surface area contributed by atoms with Crippen LogP contribution >= 0.6 is 0 Å². The molecule has 7 heteroatoms. The number of rotatable bonds is 5. The molecule has 0 unspecified atom stereocenters. The molecule has 0 saturated heterocycles. The number of nitrogens with zero attached hydrogens (tertiary/aromatic N) is 1. The zero-order chi connectivity index (χ0) is 17.8. The molecule has 1 amide bonds. The van der Waals surface area contributed by atoms with Crippen LogP contribution in [-0.2, 0) is 9.53 Å². The average Bonchev–Trinajstić information content (AvgIpc) is 2.36. The van der Waals surface area contributed by atoms with Crippen LogP contribution in [0.4, 0.5) is 10.5 Å². The van der Waals surface area contributed by atoms with Crippen LogP contribution in [0.15, 0.2) is 23.1 Å². The highest BCUT2D eigenvalue weighted by atomic mass is 16.6. The molecule has 0 bridgehead atoms. The molecule has 1 aromatic heterocycles. The molecule has 1 heterocycles. The van der Waals surface area contributed by atoms with Crippen molar-refractivity contribution >= 4 is 17.7 Å². The van der Waals surface area contributed by atoms with E-state index in [1.807, 2.05) is 13.8 Å². The normalized spacial score (nSPS) is 12.8. The number of hydrogen-bond acceptors (Lipinski definition) is 4. The molecule has 1 atom stereocenters. The SMILES string of the molecule is CC(C)C[C@@H](C(=O)O)n1cccc(NC(=O)OC(C)(C)C)c1=O. The average molecular weight is 324 g/mol. The first-order valence-corrected chi connectivity index (χ1v) is 7.45. The molecule has 0 aliphatic heterocycles. The zero-order valence-electron chi connectivity index (χ0n) is 14.1. The van der Waals surface area contributed by atoms with E-state index in [0.717, 1.165) is 4.57 Å². The number of carboxylic acids is 1. The number of aliphatic carboxylic acids is 1. The molecule has 128 valence electrons. The van der Waals surface area contributed by atoms with Gasteiger partial charge in [-0.2, -0.15) is 0 Å².